The number of hydrogen-bond donors (Lipinski definition) is 2. The molecule has 0 aliphatic carbocycles. The van der Waals surface area contributed by atoms with Gasteiger partial charge in [-0.3, -0.25) is 9.69 Å². The number of nitrogens with one attached hydrogen (secondary N) is 2. The molecule has 2 fully saturated rings. The van der Waals surface area contributed by atoms with Crippen molar-refractivity contribution in [2.24, 2.45) is 0 Å². The first-order valence-electron chi connectivity index (χ1n) is 6.17. The van der Waals surface area contributed by atoms with Gasteiger partial charge < -0.3 is 15.4 Å². The lowest BCUT2D eigenvalue weighted by Gasteiger charge is -2.26. The maximum atomic E-state index is 11.7. The van der Waals surface area contributed by atoms with Gasteiger partial charge in [-0.15, -0.1) is 12.4 Å². The highest BCUT2D eigenvalue weighted by molar-refractivity contribution is 5.85. The summed E-state index contributed by atoms with van der Waals surface area (Å²) in [4.78, 5) is 14.0. The van der Waals surface area contributed by atoms with Crippen molar-refractivity contribution in [1.29, 1.82) is 0 Å². The lowest BCUT2D eigenvalue weighted by molar-refractivity contribution is -0.122. The first-order chi connectivity index (χ1) is 7.86. The Hall–Kier alpha value is -0.360. The van der Waals surface area contributed by atoms with Gasteiger partial charge in [0.05, 0.1) is 19.3 Å². The predicted molar refractivity (Wildman–Crippen MR) is 68.5 cm³/mol. The van der Waals surface area contributed by atoms with E-state index >= 15 is 0 Å². The molecular formula is C11H22ClN3O2. The van der Waals surface area contributed by atoms with E-state index in [2.05, 4.69) is 15.5 Å². The van der Waals surface area contributed by atoms with E-state index in [9.17, 15) is 4.79 Å². The number of halogens is 1. The second-order valence-corrected chi connectivity index (χ2v) is 4.39. The highest BCUT2D eigenvalue weighted by Crippen LogP contribution is 2.04. The average Bonchev–Trinajstić information content (AvgIpc) is 2.84. The SMILES string of the molecule is Cl.O=C(NCCN1CCOCC1)[C@@H]1CCCN1. The van der Waals surface area contributed by atoms with Gasteiger partial charge in [0.15, 0.2) is 0 Å². The van der Waals surface area contributed by atoms with Crippen molar-refractivity contribution < 1.29 is 9.53 Å². The van der Waals surface area contributed by atoms with Crippen molar-refractivity contribution in [2.45, 2.75) is 18.9 Å². The summed E-state index contributed by atoms with van der Waals surface area (Å²) in [5.41, 5.74) is 0. The van der Waals surface area contributed by atoms with Crippen LogP contribution in [-0.4, -0.2) is 62.8 Å². The van der Waals surface area contributed by atoms with Crippen LogP contribution in [-0.2, 0) is 9.53 Å². The minimum Gasteiger partial charge on any atom is -0.379 e. The fourth-order valence-electron chi connectivity index (χ4n) is 2.19. The van der Waals surface area contributed by atoms with E-state index in [0.29, 0.717) is 0 Å². The van der Waals surface area contributed by atoms with Gasteiger partial charge in [0, 0.05) is 26.2 Å². The van der Waals surface area contributed by atoms with Gasteiger partial charge in [0.2, 0.25) is 5.91 Å². The summed E-state index contributed by atoms with van der Waals surface area (Å²) in [5, 5.41) is 6.19. The maximum Gasteiger partial charge on any atom is 0.237 e. The number of ether oxygens (including phenoxy) is 1. The molecule has 0 aromatic heterocycles. The summed E-state index contributed by atoms with van der Waals surface area (Å²) in [6.07, 6.45) is 2.09. The molecule has 100 valence electrons. The lowest BCUT2D eigenvalue weighted by atomic mass is 10.2. The molecule has 0 bridgehead atoms. The van der Waals surface area contributed by atoms with Crippen LogP contribution in [0.3, 0.4) is 0 Å². The van der Waals surface area contributed by atoms with Crippen LogP contribution in [0.15, 0.2) is 0 Å². The summed E-state index contributed by atoms with van der Waals surface area (Å²) in [7, 11) is 0. The topological polar surface area (TPSA) is 53.6 Å². The molecule has 0 aromatic rings. The van der Waals surface area contributed by atoms with Crippen LogP contribution in [0.4, 0.5) is 0 Å². The Bertz CT molecular complexity index is 229. The monoisotopic (exact) mass is 263 g/mol. The van der Waals surface area contributed by atoms with Crippen LogP contribution in [0.25, 0.3) is 0 Å². The number of hydrogen-bond acceptors (Lipinski definition) is 4. The largest absolute Gasteiger partial charge is 0.379 e. The summed E-state index contributed by atoms with van der Waals surface area (Å²) < 4.78 is 5.27. The number of nitrogens with zero attached hydrogens (tertiary/aromatic N) is 1. The van der Waals surface area contributed by atoms with Crippen LogP contribution in [0.1, 0.15) is 12.8 Å². The van der Waals surface area contributed by atoms with Crippen LogP contribution >= 0.6 is 12.4 Å². The van der Waals surface area contributed by atoms with E-state index < -0.39 is 0 Å². The summed E-state index contributed by atoms with van der Waals surface area (Å²) >= 11 is 0. The average molecular weight is 264 g/mol. The number of morpholine rings is 1. The fraction of sp³-hybridized carbons (Fsp3) is 0.909. The molecule has 2 aliphatic heterocycles. The first kappa shape index (κ1) is 14.7. The van der Waals surface area contributed by atoms with E-state index in [-0.39, 0.29) is 24.4 Å². The van der Waals surface area contributed by atoms with Crippen molar-refractivity contribution in [3.63, 3.8) is 0 Å². The van der Waals surface area contributed by atoms with Crippen LogP contribution in [0.2, 0.25) is 0 Å². The number of carbonyl (C=O) groups excluding carboxylic acids is 1. The Kier molecular flexibility index (Phi) is 6.80. The van der Waals surface area contributed by atoms with Gasteiger partial charge in [-0.1, -0.05) is 0 Å². The minimum absolute atomic E-state index is 0. The van der Waals surface area contributed by atoms with Crippen LogP contribution < -0.4 is 10.6 Å². The molecule has 0 saturated carbocycles. The molecule has 0 radical (unpaired) electrons. The molecule has 2 saturated heterocycles. The Morgan fingerprint density at radius 3 is 2.82 bits per heavy atom. The lowest BCUT2D eigenvalue weighted by Crippen LogP contribution is -2.45. The molecule has 1 amide bonds. The third-order valence-corrected chi connectivity index (χ3v) is 3.21. The van der Waals surface area contributed by atoms with Crippen molar-refractivity contribution in [1.82, 2.24) is 15.5 Å². The predicted octanol–water partition coefficient (Wildman–Crippen LogP) is -0.391. The Morgan fingerprint density at radius 1 is 1.41 bits per heavy atom. The third-order valence-electron chi connectivity index (χ3n) is 3.21. The quantitative estimate of drug-likeness (QED) is 0.725. The zero-order chi connectivity index (χ0) is 11.2. The standard InChI is InChI=1S/C11H21N3O2.ClH/c15-11(10-2-1-3-12-10)13-4-5-14-6-8-16-9-7-14;/h10,12H,1-9H2,(H,13,15);1H/t10-;/m0./s1. The van der Waals surface area contributed by atoms with Gasteiger partial charge in [-0.2, -0.15) is 0 Å². The summed E-state index contributed by atoms with van der Waals surface area (Å²) in [5.74, 6) is 0.158. The molecule has 17 heavy (non-hydrogen) atoms. The molecule has 2 rings (SSSR count). The van der Waals surface area contributed by atoms with E-state index in [1.165, 1.54) is 0 Å². The second-order valence-electron chi connectivity index (χ2n) is 4.39. The van der Waals surface area contributed by atoms with Gasteiger partial charge >= 0.3 is 0 Å². The Labute approximate surface area is 109 Å². The molecule has 0 aromatic carbocycles. The molecule has 2 heterocycles. The van der Waals surface area contributed by atoms with Crippen molar-refractivity contribution in [3.05, 3.63) is 0 Å². The van der Waals surface area contributed by atoms with Gasteiger partial charge in [0.25, 0.3) is 0 Å². The smallest absolute Gasteiger partial charge is 0.237 e. The Balaban J connectivity index is 0.00000144. The zero-order valence-electron chi connectivity index (χ0n) is 10.1. The molecular weight excluding hydrogens is 242 g/mol. The third kappa shape index (κ3) is 4.79. The number of carbonyl (C=O) groups is 1. The molecule has 0 unspecified atom stereocenters. The van der Waals surface area contributed by atoms with E-state index in [1.54, 1.807) is 0 Å². The van der Waals surface area contributed by atoms with Crippen molar-refractivity contribution in [3.8, 4) is 0 Å². The molecule has 2 aliphatic rings. The Morgan fingerprint density at radius 2 is 2.18 bits per heavy atom. The highest BCUT2D eigenvalue weighted by Gasteiger charge is 2.21. The molecule has 6 heteroatoms. The summed E-state index contributed by atoms with van der Waals surface area (Å²) in [6, 6.07) is 0.0460. The van der Waals surface area contributed by atoms with Gasteiger partial charge in [-0.25, -0.2) is 0 Å². The fourth-order valence-corrected chi connectivity index (χ4v) is 2.19. The summed E-state index contributed by atoms with van der Waals surface area (Å²) in [6.45, 7) is 6.26. The van der Waals surface area contributed by atoms with E-state index in [0.717, 1.165) is 58.8 Å². The molecule has 1 atom stereocenters. The van der Waals surface area contributed by atoms with Crippen molar-refractivity contribution >= 4 is 18.3 Å². The van der Waals surface area contributed by atoms with Crippen LogP contribution in [0, 0.1) is 0 Å². The molecule has 0 spiro atoms. The van der Waals surface area contributed by atoms with Crippen molar-refractivity contribution in [2.75, 3.05) is 45.9 Å². The first-order valence-corrected chi connectivity index (χ1v) is 6.17. The molecule has 5 nitrogen and oxygen atoms in total. The maximum absolute atomic E-state index is 11.7. The van der Waals surface area contributed by atoms with Crippen LogP contribution in [0.5, 0.6) is 0 Å². The second kappa shape index (κ2) is 7.87. The van der Waals surface area contributed by atoms with Gasteiger partial charge in [-0.05, 0) is 19.4 Å². The van der Waals surface area contributed by atoms with Gasteiger partial charge in [0.1, 0.15) is 0 Å². The zero-order valence-corrected chi connectivity index (χ0v) is 10.9. The van der Waals surface area contributed by atoms with E-state index in [1.807, 2.05) is 0 Å². The normalized spacial score (nSPS) is 25.3. The van der Waals surface area contributed by atoms with E-state index in [4.69, 9.17) is 4.74 Å². The highest BCUT2D eigenvalue weighted by atomic mass is 35.5. The minimum atomic E-state index is 0. The number of amides is 1. The number of rotatable bonds is 4. The molecule has 2 N–H and O–H groups in total.